The van der Waals surface area contributed by atoms with Crippen molar-refractivity contribution in [3.8, 4) is 0 Å². The van der Waals surface area contributed by atoms with Crippen LogP contribution in [0, 0.1) is 5.92 Å². The van der Waals surface area contributed by atoms with Gasteiger partial charge in [-0.25, -0.2) is 4.98 Å². The molecular formula is C13H15BrN2S. The minimum absolute atomic E-state index is 0.345. The Hall–Kier alpha value is -0.870. The lowest BCUT2D eigenvalue weighted by molar-refractivity contribution is 0.553. The topological polar surface area (TPSA) is 24.9 Å². The molecule has 0 aliphatic heterocycles. The summed E-state index contributed by atoms with van der Waals surface area (Å²) in [6.07, 6.45) is 1.85. The maximum Gasteiger partial charge on any atom is 0.106 e. The molecule has 0 amide bonds. The van der Waals surface area contributed by atoms with Gasteiger partial charge in [-0.05, 0) is 45.4 Å². The Balaban J connectivity index is 2.16. The van der Waals surface area contributed by atoms with Crippen LogP contribution in [0.1, 0.15) is 24.8 Å². The van der Waals surface area contributed by atoms with Gasteiger partial charge in [0, 0.05) is 4.88 Å². The summed E-state index contributed by atoms with van der Waals surface area (Å²) in [7, 11) is 0. The molecule has 2 aromatic heterocycles. The number of pyridine rings is 1. The van der Waals surface area contributed by atoms with Crippen LogP contribution in [0.3, 0.4) is 0 Å². The first-order valence-electron chi connectivity index (χ1n) is 5.58. The number of nitrogens with zero attached hydrogens (tertiary/aromatic N) is 1. The van der Waals surface area contributed by atoms with E-state index in [1.807, 2.05) is 18.3 Å². The van der Waals surface area contributed by atoms with Crippen LogP contribution in [0.4, 0.5) is 5.69 Å². The van der Waals surface area contributed by atoms with E-state index in [2.05, 4.69) is 57.6 Å². The molecule has 0 aromatic carbocycles. The predicted octanol–water partition coefficient (Wildman–Crippen LogP) is 4.71. The Morgan fingerprint density at radius 1 is 1.29 bits per heavy atom. The van der Waals surface area contributed by atoms with E-state index in [9.17, 15) is 0 Å². The van der Waals surface area contributed by atoms with Crippen LogP contribution in [-0.2, 0) is 0 Å². The molecule has 1 unspecified atom stereocenters. The molecule has 0 fully saturated rings. The zero-order chi connectivity index (χ0) is 12.3. The minimum atomic E-state index is 0.345. The standard InChI is InChI=1S/C13H15BrN2S/c1-9(2)13(11-4-3-7-17-11)16-10-5-6-12(14)15-8-10/h3-9,13,16H,1-2H3. The molecule has 4 heteroatoms. The number of hydrogen-bond acceptors (Lipinski definition) is 3. The summed E-state index contributed by atoms with van der Waals surface area (Å²) in [6, 6.07) is 8.61. The van der Waals surface area contributed by atoms with Gasteiger partial charge in [-0.15, -0.1) is 11.3 Å². The highest BCUT2D eigenvalue weighted by molar-refractivity contribution is 9.10. The fourth-order valence-corrected chi connectivity index (χ4v) is 2.86. The molecule has 0 aliphatic rings. The van der Waals surface area contributed by atoms with Gasteiger partial charge >= 0.3 is 0 Å². The highest BCUT2D eigenvalue weighted by Gasteiger charge is 2.16. The van der Waals surface area contributed by atoms with Gasteiger partial charge in [0.2, 0.25) is 0 Å². The zero-order valence-electron chi connectivity index (χ0n) is 9.85. The molecule has 1 atom stereocenters. The number of aromatic nitrogens is 1. The van der Waals surface area contributed by atoms with Crippen LogP contribution >= 0.6 is 27.3 Å². The Morgan fingerprint density at radius 2 is 2.12 bits per heavy atom. The minimum Gasteiger partial charge on any atom is -0.376 e. The number of nitrogens with one attached hydrogen (secondary N) is 1. The Kier molecular flexibility index (Phi) is 4.18. The molecule has 2 heterocycles. The summed E-state index contributed by atoms with van der Waals surface area (Å²) in [5.74, 6) is 0.539. The van der Waals surface area contributed by atoms with Crippen LogP contribution in [0.25, 0.3) is 0 Å². The molecule has 1 N–H and O–H groups in total. The van der Waals surface area contributed by atoms with E-state index >= 15 is 0 Å². The summed E-state index contributed by atoms with van der Waals surface area (Å²) in [6.45, 7) is 4.45. The lowest BCUT2D eigenvalue weighted by Crippen LogP contribution is -2.15. The van der Waals surface area contributed by atoms with E-state index in [0.29, 0.717) is 12.0 Å². The second-order valence-electron chi connectivity index (χ2n) is 4.25. The summed E-state index contributed by atoms with van der Waals surface area (Å²) in [5, 5.41) is 5.65. The van der Waals surface area contributed by atoms with E-state index in [-0.39, 0.29) is 0 Å². The lowest BCUT2D eigenvalue weighted by Gasteiger charge is -2.22. The van der Waals surface area contributed by atoms with Gasteiger partial charge < -0.3 is 5.32 Å². The first-order chi connectivity index (χ1) is 8.16. The van der Waals surface area contributed by atoms with Gasteiger partial charge in [0.1, 0.15) is 4.60 Å². The van der Waals surface area contributed by atoms with Gasteiger partial charge in [0.25, 0.3) is 0 Å². The second kappa shape index (κ2) is 5.65. The van der Waals surface area contributed by atoms with Crippen LogP contribution in [0.15, 0.2) is 40.4 Å². The monoisotopic (exact) mass is 310 g/mol. The maximum atomic E-state index is 4.23. The molecule has 0 spiro atoms. The number of rotatable bonds is 4. The lowest BCUT2D eigenvalue weighted by atomic mass is 10.0. The SMILES string of the molecule is CC(C)C(Nc1ccc(Br)nc1)c1cccs1. The summed E-state index contributed by atoms with van der Waals surface area (Å²) < 4.78 is 0.861. The molecule has 90 valence electrons. The van der Waals surface area contributed by atoms with Gasteiger partial charge in [0.15, 0.2) is 0 Å². The van der Waals surface area contributed by atoms with Crippen molar-refractivity contribution in [3.63, 3.8) is 0 Å². The molecule has 2 nitrogen and oxygen atoms in total. The van der Waals surface area contributed by atoms with Crippen molar-refractivity contribution in [2.45, 2.75) is 19.9 Å². The maximum absolute atomic E-state index is 4.23. The fraction of sp³-hybridized carbons (Fsp3) is 0.308. The van der Waals surface area contributed by atoms with Crippen molar-refractivity contribution >= 4 is 33.0 Å². The van der Waals surface area contributed by atoms with Crippen LogP contribution in [0.5, 0.6) is 0 Å². The normalized spacial score (nSPS) is 12.7. The molecule has 0 saturated carbocycles. The number of halogens is 1. The summed E-state index contributed by atoms with van der Waals surface area (Å²) in [5.41, 5.74) is 1.06. The predicted molar refractivity (Wildman–Crippen MR) is 77.5 cm³/mol. The first-order valence-corrected chi connectivity index (χ1v) is 7.25. The summed E-state index contributed by atoms with van der Waals surface area (Å²) in [4.78, 5) is 5.59. The number of thiophene rings is 1. The van der Waals surface area contributed by atoms with E-state index < -0.39 is 0 Å². The third kappa shape index (κ3) is 3.30. The molecule has 0 aliphatic carbocycles. The smallest absolute Gasteiger partial charge is 0.106 e. The van der Waals surface area contributed by atoms with Crippen molar-refractivity contribution in [2.75, 3.05) is 5.32 Å². The largest absolute Gasteiger partial charge is 0.376 e. The molecule has 2 aromatic rings. The molecule has 17 heavy (non-hydrogen) atoms. The van der Waals surface area contributed by atoms with E-state index in [1.165, 1.54) is 4.88 Å². The summed E-state index contributed by atoms with van der Waals surface area (Å²) >= 11 is 5.13. The number of anilines is 1. The fourth-order valence-electron chi connectivity index (χ4n) is 1.68. The Labute approximate surface area is 114 Å². The molecule has 2 rings (SSSR count). The van der Waals surface area contributed by atoms with E-state index in [1.54, 1.807) is 11.3 Å². The molecule has 0 radical (unpaired) electrons. The average molecular weight is 311 g/mol. The molecular weight excluding hydrogens is 296 g/mol. The van der Waals surface area contributed by atoms with Crippen LogP contribution in [0.2, 0.25) is 0 Å². The van der Waals surface area contributed by atoms with Crippen molar-refractivity contribution in [2.24, 2.45) is 5.92 Å². The van der Waals surface area contributed by atoms with Crippen molar-refractivity contribution in [3.05, 3.63) is 45.3 Å². The van der Waals surface area contributed by atoms with Crippen molar-refractivity contribution in [1.29, 1.82) is 0 Å². The number of hydrogen-bond donors (Lipinski definition) is 1. The molecule has 0 bridgehead atoms. The third-order valence-electron chi connectivity index (χ3n) is 2.57. The zero-order valence-corrected chi connectivity index (χ0v) is 12.3. The van der Waals surface area contributed by atoms with E-state index in [4.69, 9.17) is 0 Å². The second-order valence-corrected chi connectivity index (χ2v) is 6.04. The van der Waals surface area contributed by atoms with Crippen molar-refractivity contribution in [1.82, 2.24) is 4.98 Å². The van der Waals surface area contributed by atoms with Crippen LogP contribution in [-0.4, -0.2) is 4.98 Å². The van der Waals surface area contributed by atoms with E-state index in [0.717, 1.165) is 10.3 Å². The Morgan fingerprint density at radius 3 is 2.65 bits per heavy atom. The van der Waals surface area contributed by atoms with Gasteiger partial charge in [0.05, 0.1) is 17.9 Å². The van der Waals surface area contributed by atoms with Crippen LogP contribution < -0.4 is 5.32 Å². The third-order valence-corrected chi connectivity index (χ3v) is 3.99. The average Bonchev–Trinajstić information content (AvgIpc) is 2.81. The van der Waals surface area contributed by atoms with Gasteiger partial charge in [-0.3, -0.25) is 0 Å². The first kappa shape index (κ1) is 12.6. The van der Waals surface area contributed by atoms with Gasteiger partial charge in [-0.2, -0.15) is 0 Å². The molecule has 0 saturated heterocycles. The quantitative estimate of drug-likeness (QED) is 0.827. The van der Waals surface area contributed by atoms with Crippen molar-refractivity contribution < 1.29 is 0 Å². The highest BCUT2D eigenvalue weighted by atomic mass is 79.9. The Bertz CT molecular complexity index is 451. The van der Waals surface area contributed by atoms with Gasteiger partial charge in [-0.1, -0.05) is 19.9 Å². The highest BCUT2D eigenvalue weighted by Crippen LogP contribution is 2.29.